The maximum absolute atomic E-state index is 12.3. The lowest BCUT2D eigenvalue weighted by Crippen LogP contribution is -2.39. The third-order valence-corrected chi connectivity index (χ3v) is 5.22. The first-order valence-electron chi connectivity index (χ1n) is 8.09. The summed E-state index contributed by atoms with van der Waals surface area (Å²) in [5.74, 6) is 1.91. The minimum absolute atomic E-state index is 0.328. The third kappa shape index (κ3) is 2.35. The Balaban J connectivity index is 1.43. The predicted octanol–water partition coefficient (Wildman–Crippen LogP) is 3.53. The number of nitrogens with zero attached hydrogens (tertiary/aromatic N) is 1. The molecule has 21 heavy (non-hydrogen) atoms. The first-order valence-corrected chi connectivity index (χ1v) is 8.09. The van der Waals surface area contributed by atoms with Crippen molar-refractivity contribution in [2.45, 2.75) is 32.1 Å². The van der Waals surface area contributed by atoms with Crippen LogP contribution in [0, 0.1) is 11.8 Å². The second-order valence-corrected chi connectivity index (χ2v) is 6.73. The summed E-state index contributed by atoms with van der Waals surface area (Å²) in [6.07, 6.45) is 3.26. The second kappa shape index (κ2) is 4.90. The summed E-state index contributed by atoms with van der Waals surface area (Å²) in [5, 5.41) is 1.29. The van der Waals surface area contributed by atoms with Gasteiger partial charge in [0.05, 0.1) is 0 Å². The van der Waals surface area contributed by atoms with Gasteiger partial charge in [-0.25, -0.2) is 0 Å². The molecule has 110 valence electrons. The lowest BCUT2D eigenvalue weighted by Gasteiger charge is -2.32. The zero-order valence-electron chi connectivity index (χ0n) is 12.5. The van der Waals surface area contributed by atoms with E-state index in [2.05, 4.69) is 47.1 Å². The third-order valence-electron chi connectivity index (χ3n) is 5.22. The van der Waals surface area contributed by atoms with Crippen molar-refractivity contribution in [3.8, 4) is 0 Å². The Bertz CT molecular complexity index is 634. The number of carbonyl (C=O) groups is 1. The molecule has 3 nitrogen and oxygen atoms in total. The Labute approximate surface area is 125 Å². The van der Waals surface area contributed by atoms with Crippen LogP contribution in [0.25, 0.3) is 10.9 Å². The number of likely N-dealkylation sites (tertiary alicyclic amines) is 1. The summed E-state index contributed by atoms with van der Waals surface area (Å²) in [4.78, 5) is 17.9. The minimum atomic E-state index is 0.328. The summed E-state index contributed by atoms with van der Waals surface area (Å²) in [6.45, 7) is 4.02. The molecule has 1 aliphatic carbocycles. The zero-order valence-corrected chi connectivity index (χ0v) is 12.5. The van der Waals surface area contributed by atoms with Crippen molar-refractivity contribution in [2.75, 3.05) is 13.1 Å². The number of H-pyrrole nitrogens is 1. The number of para-hydroxylation sites is 1. The molecule has 4 rings (SSSR count). The highest BCUT2D eigenvalue weighted by atomic mass is 16.2. The quantitative estimate of drug-likeness (QED) is 0.898. The Morgan fingerprint density at radius 2 is 1.95 bits per heavy atom. The molecule has 1 N–H and O–H groups in total. The van der Waals surface area contributed by atoms with Gasteiger partial charge in [-0.1, -0.05) is 25.1 Å². The van der Waals surface area contributed by atoms with Gasteiger partial charge in [0.1, 0.15) is 0 Å². The number of nitrogens with one attached hydrogen (secondary N) is 1. The number of hydrogen-bond donors (Lipinski definition) is 1. The predicted molar refractivity (Wildman–Crippen MR) is 84.1 cm³/mol. The van der Waals surface area contributed by atoms with Crippen LogP contribution in [0.1, 0.15) is 37.8 Å². The Hall–Kier alpha value is -1.77. The van der Waals surface area contributed by atoms with E-state index >= 15 is 0 Å². The number of amides is 1. The van der Waals surface area contributed by atoms with Gasteiger partial charge in [0.15, 0.2) is 0 Å². The van der Waals surface area contributed by atoms with Crippen LogP contribution in [0.3, 0.4) is 0 Å². The first kappa shape index (κ1) is 12.9. The van der Waals surface area contributed by atoms with E-state index in [4.69, 9.17) is 0 Å². The van der Waals surface area contributed by atoms with Gasteiger partial charge in [0, 0.05) is 36.1 Å². The van der Waals surface area contributed by atoms with Crippen molar-refractivity contribution >= 4 is 16.8 Å². The van der Waals surface area contributed by atoms with E-state index in [1.165, 1.54) is 16.6 Å². The van der Waals surface area contributed by atoms with E-state index in [-0.39, 0.29) is 0 Å². The molecule has 1 amide bonds. The van der Waals surface area contributed by atoms with Gasteiger partial charge in [-0.2, -0.15) is 0 Å². The van der Waals surface area contributed by atoms with Crippen LogP contribution < -0.4 is 0 Å². The molecule has 3 heteroatoms. The highest BCUT2D eigenvalue weighted by Gasteiger charge is 2.42. The van der Waals surface area contributed by atoms with E-state index < -0.39 is 0 Å². The van der Waals surface area contributed by atoms with Crippen LogP contribution in [0.2, 0.25) is 0 Å². The van der Waals surface area contributed by atoms with E-state index in [0.717, 1.165) is 32.4 Å². The summed E-state index contributed by atoms with van der Waals surface area (Å²) in [6, 6.07) is 10.7. The van der Waals surface area contributed by atoms with E-state index in [0.29, 0.717) is 23.7 Å². The first-order chi connectivity index (χ1) is 10.2. The Morgan fingerprint density at radius 3 is 2.62 bits per heavy atom. The molecular weight excluding hydrogens is 260 g/mol. The number of benzene rings is 1. The molecule has 0 spiro atoms. The van der Waals surface area contributed by atoms with Gasteiger partial charge in [0.25, 0.3) is 0 Å². The molecule has 1 saturated heterocycles. The molecule has 0 bridgehead atoms. The van der Waals surface area contributed by atoms with Crippen molar-refractivity contribution in [2.24, 2.45) is 11.8 Å². The van der Waals surface area contributed by atoms with Crippen molar-refractivity contribution in [3.05, 3.63) is 36.0 Å². The summed E-state index contributed by atoms with van der Waals surface area (Å²) >= 11 is 0. The lowest BCUT2D eigenvalue weighted by molar-refractivity contribution is -0.133. The molecule has 2 atom stereocenters. The molecule has 2 aliphatic rings. The summed E-state index contributed by atoms with van der Waals surface area (Å²) in [5.41, 5.74) is 2.56. The fourth-order valence-corrected chi connectivity index (χ4v) is 3.63. The number of piperidine rings is 1. The Morgan fingerprint density at radius 1 is 1.24 bits per heavy atom. The lowest BCUT2D eigenvalue weighted by atomic mass is 9.93. The molecule has 0 radical (unpaired) electrons. The molecule has 2 aromatic rings. The number of fused-ring (bicyclic) bond motifs is 1. The molecular formula is C18H22N2O. The number of aromatic nitrogens is 1. The average Bonchev–Trinajstić information content (AvgIpc) is 3.09. The monoisotopic (exact) mass is 282 g/mol. The van der Waals surface area contributed by atoms with Gasteiger partial charge in [-0.15, -0.1) is 0 Å². The molecule has 2 fully saturated rings. The van der Waals surface area contributed by atoms with Gasteiger partial charge in [-0.05, 0) is 42.7 Å². The highest BCUT2D eigenvalue weighted by Crippen LogP contribution is 2.40. The zero-order chi connectivity index (χ0) is 14.4. The van der Waals surface area contributed by atoms with Crippen molar-refractivity contribution < 1.29 is 4.79 Å². The molecule has 0 unspecified atom stereocenters. The van der Waals surface area contributed by atoms with Gasteiger partial charge >= 0.3 is 0 Å². The maximum atomic E-state index is 12.3. The second-order valence-electron chi connectivity index (χ2n) is 6.73. The van der Waals surface area contributed by atoms with Crippen LogP contribution in [-0.2, 0) is 4.79 Å². The maximum Gasteiger partial charge on any atom is 0.225 e. The van der Waals surface area contributed by atoms with Crippen LogP contribution in [0.4, 0.5) is 0 Å². The van der Waals surface area contributed by atoms with Crippen LogP contribution in [-0.4, -0.2) is 28.9 Å². The topological polar surface area (TPSA) is 36.1 Å². The number of hydrogen-bond acceptors (Lipinski definition) is 1. The molecule has 1 saturated carbocycles. The highest BCUT2D eigenvalue weighted by molar-refractivity contribution is 5.82. The van der Waals surface area contributed by atoms with Crippen molar-refractivity contribution in [1.29, 1.82) is 0 Å². The average molecular weight is 282 g/mol. The largest absolute Gasteiger partial charge is 0.358 e. The van der Waals surface area contributed by atoms with Gasteiger partial charge < -0.3 is 9.88 Å². The van der Waals surface area contributed by atoms with Gasteiger partial charge in [0.2, 0.25) is 5.91 Å². The standard InChI is InChI=1S/C18H22N2O/c1-12-10-15(12)18(21)20-8-6-13(7-9-20)17-11-14-4-2-3-5-16(14)19-17/h2-5,11-13,15,19H,6-10H2,1H3/t12-,15+/m0/s1. The van der Waals surface area contributed by atoms with Crippen molar-refractivity contribution in [3.63, 3.8) is 0 Å². The molecule has 1 aromatic heterocycles. The van der Waals surface area contributed by atoms with E-state index in [1.807, 2.05) is 0 Å². The van der Waals surface area contributed by atoms with Crippen LogP contribution in [0.15, 0.2) is 30.3 Å². The fraction of sp³-hybridized carbons (Fsp3) is 0.500. The van der Waals surface area contributed by atoms with Crippen molar-refractivity contribution in [1.82, 2.24) is 9.88 Å². The van der Waals surface area contributed by atoms with Gasteiger partial charge in [-0.3, -0.25) is 4.79 Å². The number of rotatable bonds is 2. The van der Waals surface area contributed by atoms with E-state index in [9.17, 15) is 4.79 Å². The Kier molecular flexibility index (Phi) is 3.02. The molecule has 1 aromatic carbocycles. The minimum Gasteiger partial charge on any atom is -0.358 e. The van der Waals surface area contributed by atoms with Crippen LogP contribution >= 0.6 is 0 Å². The fourth-order valence-electron chi connectivity index (χ4n) is 3.63. The summed E-state index contributed by atoms with van der Waals surface area (Å²) in [7, 11) is 0. The smallest absolute Gasteiger partial charge is 0.225 e. The van der Waals surface area contributed by atoms with Crippen LogP contribution in [0.5, 0.6) is 0 Å². The SMILES string of the molecule is C[C@H]1C[C@H]1C(=O)N1CCC(c2cc3ccccc3[nH]2)CC1. The number of carbonyl (C=O) groups excluding carboxylic acids is 1. The molecule has 1 aliphatic heterocycles. The molecule has 2 heterocycles. The normalized spacial score (nSPS) is 26.2. The van der Waals surface area contributed by atoms with E-state index in [1.54, 1.807) is 0 Å². The summed E-state index contributed by atoms with van der Waals surface area (Å²) < 4.78 is 0. The number of aromatic amines is 1.